The second kappa shape index (κ2) is 8.00. The van der Waals surface area contributed by atoms with E-state index in [2.05, 4.69) is 4.98 Å². The first-order valence-corrected chi connectivity index (χ1v) is 10.3. The van der Waals surface area contributed by atoms with Gasteiger partial charge in [-0.25, -0.2) is 0 Å². The van der Waals surface area contributed by atoms with E-state index in [0.717, 1.165) is 16.3 Å². The van der Waals surface area contributed by atoms with Gasteiger partial charge in [-0.3, -0.25) is 9.59 Å². The van der Waals surface area contributed by atoms with Crippen LogP contribution in [0.25, 0.3) is 21.9 Å². The number of aromatic amines is 1. The molecule has 0 bridgehead atoms. The summed E-state index contributed by atoms with van der Waals surface area (Å²) in [6, 6.07) is 31.7. The summed E-state index contributed by atoms with van der Waals surface area (Å²) in [5.41, 5.74) is 9.32. The molecule has 0 amide bonds. The van der Waals surface area contributed by atoms with Crippen molar-refractivity contribution >= 4 is 28.2 Å². The van der Waals surface area contributed by atoms with E-state index in [1.54, 1.807) is 24.3 Å². The van der Waals surface area contributed by atoms with Gasteiger partial charge in [-0.2, -0.15) is 0 Å². The molecular formula is C28H20N2O2. The predicted octanol–water partition coefficient (Wildman–Crippen LogP) is 5.88. The maximum absolute atomic E-state index is 13.6. The average molecular weight is 416 g/mol. The van der Waals surface area contributed by atoms with Crippen molar-refractivity contribution in [3.05, 3.63) is 126 Å². The summed E-state index contributed by atoms with van der Waals surface area (Å²) < 4.78 is 0. The van der Waals surface area contributed by atoms with Crippen molar-refractivity contribution in [3.8, 4) is 11.1 Å². The fourth-order valence-corrected chi connectivity index (χ4v) is 4.11. The molecule has 4 nitrogen and oxygen atoms in total. The van der Waals surface area contributed by atoms with Crippen LogP contribution in [-0.4, -0.2) is 16.6 Å². The molecule has 1 heterocycles. The van der Waals surface area contributed by atoms with Crippen molar-refractivity contribution in [3.63, 3.8) is 0 Å². The minimum atomic E-state index is -0.227. The Morgan fingerprint density at radius 2 is 1.19 bits per heavy atom. The number of carbonyl (C=O) groups excluding carboxylic acids is 2. The van der Waals surface area contributed by atoms with Gasteiger partial charge in [-0.15, -0.1) is 0 Å². The Morgan fingerprint density at radius 3 is 1.88 bits per heavy atom. The molecule has 0 radical (unpaired) electrons. The number of ketones is 2. The van der Waals surface area contributed by atoms with Crippen LogP contribution in [0.5, 0.6) is 0 Å². The number of hydrogen-bond donors (Lipinski definition) is 2. The Labute approximate surface area is 185 Å². The Balaban J connectivity index is 1.81. The van der Waals surface area contributed by atoms with E-state index in [0.29, 0.717) is 27.9 Å². The number of H-pyrrole nitrogens is 1. The minimum Gasteiger partial charge on any atom is -0.385 e. The van der Waals surface area contributed by atoms with E-state index in [4.69, 9.17) is 5.73 Å². The van der Waals surface area contributed by atoms with Gasteiger partial charge in [0, 0.05) is 16.7 Å². The van der Waals surface area contributed by atoms with Gasteiger partial charge in [-0.05, 0) is 16.3 Å². The number of anilines is 1. The SMILES string of the molecule is Nc1[nH]c(C(=O)c2ccccc2)c(-c2cccc3ccccc23)c1C(=O)c1ccccc1. The summed E-state index contributed by atoms with van der Waals surface area (Å²) in [7, 11) is 0. The van der Waals surface area contributed by atoms with Crippen LogP contribution in [0.4, 0.5) is 5.82 Å². The highest BCUT2D eigenvalue weighted by Crippen LogP contribution is 2.38. The van der Waals surface area contributed by atoms with E-state index >= 15 is 0 Å². The van der Waals surface area contributed by atoms with Gasteiger partial charge >= 0.3 is 0 Å². The Kier molecular flexibility index (Phi) is 4.88. The molecule has 0 aliphatic heterocycles. The summed E-state index contributed by atoms with van der Waals surface area (Å²) in [4.78, 5) is 30.1. The van der Waals surface area contributed by atoms with Crippen LogP contribution in [0.1, 0.15) is 32.0 Å². The summed E-state index contributed by atoms with van der Waals surface area (Å²) >= 11 is 0. The molecule has 0 aliphatic rings. The lowest BCUT2D eigenvalue weighted by molar-refractivity contribution is 0.103. The number of nitrogens with two attached hydrogens (primary N) is 1. The van der Waals surface area contributed by atoms with Gasteiger partial charge in [0.2, 0.25) is 5.78 Å². The van der Waals surface area contributed by atoms with Crippen LogP contribution in [0, 0.1) is 0 Å². The summed E-state index contributed by atoms with van der Waals surface area (Å²) in [5, 5.41) is 1.96. The Bertz CT molecular complexity index is 1450. The first-order chi connectivity index (χ1) is 15.6. The van der Waals surface area contributed by atoms with Gasteiger partial charge in [0.05, 0.1) is 11.3 Å². The molecule has 32 heavy (non-hydrogen) atoms. The largest absolute Gasteiger partial charge is 0.385 e. The zero-order valence-electron chi connectivity index (χ0n) is 17.2. The highest BCUT2D eigenvalue weighted by Gasteiger charge is 2.28. The predicted molar refractivity (Wildman–Crippen MR) is 128 cm³/mol. The van der Waals surface area contributed by atoms with E-state index in [1.807, 2.05) is 78.9 Å². The number of rotatable bonds is 5. The molecule has 5 aromatic rings. The van der Waals surface area contributed by atoms with Gasteiger partial charge in [0.15, 0.2) is 5.78 Å². The van der Waals surface area contributed by atoms with Crippen LogP contribution < -0.4 is 5.73 Å². The highest BCUT2D eigenvalue weighted by molar-refractivity contribution is 6.23. The molecule has 5 rings (SSSR count). The molecule has 4 heteroatoms. The fourth-order valence-electron chi connectivity index (χ4n) is 4.11. The average Bonchev–Trinajstić information content (AvgIpc) is 3.20. The van der Waals surface area contributed by atoms with Gasteiger partial charge < -0.3 is 10.7 Å². The van der Waals surface area contributed by atoms with E-state index in [1.165, 1.54) is 0 Å². The van der Waals surface area contributed by atoms with Crippen molar-refractivity contribution in [2.75, 3.05) is 5.73 Å². The molecule has 0 unspecified atom stereocenters. The third-order valence-corrected chi connectivity index (χ3v) is 5.61. The molecule has 0 saturated carbocycles. The standard InChI is InChI=1S/C28H20N2O2/c29-28-24(26(31)19-11-3-1-4-12-19)23(22-17-9-15-18-10-7-8-16-21(18)22)25(30-28)27(32)20-13-5-2-6-14-20/h1-17,30H,29H2. The molecule has 0 aliphatic carbocycles. The van der Waals surface area contributed by atoms with Crippen molar-refractivity contribution in [2.45, 2.75) is 0 Å². The zero-order valence-corrected chi connectivity index (χ0v) is 17.2. The van der Waals surface area contributed by atoms with Crippen molar-refractivity contribution in [1.29, 1.82) is 0 Å². The lowest BCUT2D eigenvalue weighted by Gasteiger charge is -2.11. The number of aromatic nitrogens is 1. The molecule has 3 N–H and O–H groups in total. The van der Waals surface area contributed by atoms with Crippen LogP contribution in [-0.2, 0) is 0 Å². The monoisotopic (exact) mass is 416 g/mol. The zero-order chi connectivity index (χ0) is 22.1. The van der Waals surface area contributed by atoms with Crippen molar-refractivity contribution in [2.24, 2.45) is 0 Å². The molecule has 4 aromatic carbocycles. The number of carbonyl (C=O) groups is 2. The summed E-state index contributed by atoms with van der Waals surface area (Å²) in [6.45, 7) is 0. The summed E-state index contributed by atoms with van der Waals surface area (Å²) in [6.07, 6.45) is 0. The second-order valence-electron chi connectivity index (χ2n) is 7.58. The maximum atomic E-state index is 13.6. The first-order valence-electron chi connectivity index (χ1n) is 10.3. The van der Waals surface area contributed by atoms with Crippen LogP contribution >= 0.6 is 0 Å². The number of nitrogen functional groups attached to an aromatic ring is 1. The molecule has 0 spiro atoms. The number of hydrogen-bond acceptors (Lipinski definition) is 3. The molecule has 0 fully saturated rings. The second-order valence-corrected chi connectivity index (χ2v) is 7.58. The normalized spacial score (nSPS) is 10.9. The molecule has 154 valence electrons. The number of fused-ring (bicyclic) bond motifs is 1. The smallest absolute Gasteiger partial charge is 0.209 e. The number of nitrogens with one attached hydrogen (secondary N) is 1. The fraction of sp³-hybridized carbons (Fsp3) is 0. The third kappa shape index (κ3) is 3.28. The molecule has 0 atom stereocenters. The number of benzene rings is 4. The summed E-state index contributed by atoms with van der Waals surface area (Å²) in [5.74, 6) is -0.261. The molecule has 0 saturated heterocycles. The minimum absolute atomic E-state index is 0.182. The molecule has 1 aromatic heterocycles. The van der Waals surface area contributed by atoms with E-state index < -0.39 is 0 Å². The van der Waals surface area contributed by atoms with Crippen LogP contribution in [0.2, 0.25) is 0 Å². The lowest BCUT2D eigenvalue weighted by Crippen LogP contribution is -2.07. The van der Waals surface area contributed by atoms with Crippen molar-refractivity contribution < 1.29 is 9.59 Å². The third-order valence-electron chi connectivity index (χ3n) is 5.61. The highest BCUT2D eigenvalue weighted by atomic mass is 16.1. The van der Waals surface area contributed by atoms with Crippen LogP contribution in [0.3, 0.4) is 0 Å². The Hall–Kier alpha value is -4.44. The lowest BCUT2D eigenvalue weighted by atomic mass is 9.90. The van der Waals surface area contributed by atoms with Gasteiger partial charge in [0.25, 0.3) is 0 Å². The van der Waals surface area contributed by atoms with Crippen molar-refractivity contribution in [1.82, 2.24) is 4.98 Å². The van der Waals surface area contributed by atoms with E-state index in [9.17, 15) is 9.59 Å². The van der Waals surface area contributed by atoms with Gasteiger partial charge in [-0.1, -0.05) is 103 Å². The van der Waals surface area contributed by atoms with Gasteiger partial charge in [0.1, 0.15) is 5.82 Å². The van der Waals surface area contributed by atoms with Crippen LogP contribution in [0.15, 0.2) is 103 Å². The molecular weight excluding hydrogens is 396 g/mol. The maximum Gasteiger partial charge on any atom is 0.209 e. The Morgan fingerprint density at radius 1 is 0.625 bits per heavy atom. The topological polar surface area (TPSA) is 76.0 Å². The quantitative estimate of drug-likeness (QED) is 0.351. The first kappa shape index (κ1) is 19.5. The van der Waals surface area contributed by atoms with E-state index in [-0.39, 0.29) is 17.4 Å².